The molecule has 0 atom stereocenters. The summed E-state index contributed by atoms with van der Waals surface area (Å²) >= 11 is 9.15. The van der Waals surface area contributed by atoms with Crippen LogP contribution in [-0.2, 0) is 0 Å². The SMILES string of the molecule is [O-][n+]1ccc2ccc(Br)cc2c1Cl. The van der Waals surface area contributed by atoms with Gasteiger partial charge in [0.1, 0.15) is 0 Å². The predicted molar refractivity (Wildman–Crippen MR) is 55.6 cm³/mol. The van der Waals surface area contributed by atoms with Crippen LogP contribution in [0, 0.1) is 5.21 Å². The van der Waals surface area contributed by atoms with E-state index in [1.54, 1.807) is 6.07 Å². The normalized spacial score (nSPS) is 10.6. The van der Waals surface area contributed by atoms with Crippen LogP contribution in [-0.4, -0.2) is 0 Å². The van der Waals surface area contributed by atoms with Gasteiger partial charge in [-0.05, 0) is 29.1 Å². The van der Waals surface area contributed by atoms with Crippen molar-refractivity contribution in [1.82, 2.24) is 0 Å². The summed E-state index contributed by atoms with van der Waals surface area (Å²) in [6.07, 6.45) is 1.40. The first-order valence-electron chi connectivity index (χ1n) is 3.65. The number of pyridine rings is 1. The fraction of sp³-hybridized carbons (Fsp3) is 0. The molecule has 0 aliphatic heterocycles. The number of fused-ring (bicyclic) bond motifs is 1. The highest BCUT2D eigenvalue weighted by molar-refractivity contribution is 9.10. The van der Waals surface area contributed by atoms with E-state index in [-0.39, 0.29) is 5.15 Å². The Labute approximate surface area is 88.5 Å². The molecule has 66 valence electrons. The largest absolute Gasteiger partial charge is 0.618 e. The lowest BCUT2D eigenvalue weighted by Crippen LogP contribution is -2.26. The van der Waals surface area contributed by atoms with Crippen molar-refractivity contribution in [2.45, 2.75) is 0 Å². The van der Waals surface area contributed by atoms with E-state index in [1.807, 2.05) is 18.2 Å². The summed E-state index contributed by atoms with van der Waals surface area (Å²) in [5.41, 5.74) is 0. The second kappa shape index (κ2) is 3.16. The molecule has 4 heteroatoms. The van der Waals surface area contributed by atoms with Gasteiger partial charge < -0.3 is 5.21 Å². The van der Waals surface area contributed by atoms with Crippen LogP contribution in [0.1, 0.15) is 0 Å². The van der Waals surface area contributed by atoms with Crippen LogP contribution in [0.4, 0.5) is 0 Å². The molecule has 2 rings (SSSR count). The molecule has 0 spiro atoms. The van der Waals surface area contributed by atoms with E-state index < -0.39 is 0 Å². The molecule has 0 fully saturated rings. The molecular formula is C9H5BrClNO. The first-order chi connectivity index (χ1) is 6.18. The van der Waals surface area contributed by atoms with Crippen molar-refractivity contribution in [3.8, 4) is 0 Å². The van der Waals surface area contributed by atoms with Crippen molar-refractivity contribution in [2.75, 3.05) is 0 Å². The summed E-state index contributed by atoms with van der Waals surface area (Å²) in [5, 5.41) is 13.0. The van der Waals surface area contributed by atoms with E-state index in [1.165, 1.54) is 6.20 Å². The molecule has 2 aromatic rings. The minimum atomic E-state index is 0.207. The standard InChI is InChI=1S/C9H5BrClNO/c10-7-2-1-6-3-4-12(13)9(11)8(6)5-7/h1-5H. The number of benzene rings is 1. The first kappa shape index (κ1) is 8.78. The molecule has 0 aliphatic carbocycles. The molecule has 2 nitrogen and oxygen atoms in total. The number of hydrogen-bond acceptors (Lipinski definition) is 1. The zero-order chi connectivity index (χ0) is 9.42. The molecule has 0 radical (unpaired) electrons. The van der Waals surface area contributed by atoms with E-state index in [2.05, 4.69) is 15.9 Å². The van der Waals surface area contributed by atoms with Gasteiger partial charge in [0.15, 0.2) is 6.20 Å². The topological polar surface area (TPSA) is 26.9 Å². The van der Waals surface area contributed by atoms with E-state index >= 15 is 0 Å². The molecule has 0 amide bonds. The fourth-order valence-corrected chi connectivity index (χ4v) is 1.77. The molecule has 0 aliphatic rings. The Balaban J connectivity index is 2.89. The molecule has 13 heavy (non-hydrogen) atoms. The number of rotatable bonds is 0. The number of hydrogen-bond donors (Lipinski definition) is 0. The van der Waals surface area contributed by atoms with Gasteiger partial charge in [-0.3, -0.25) is 0 Å². The van der Waals surface area contributed by atoms with E-state index in [4.69, 9.17) is 11.6 Å². The van der Waals surface area contributed by atoms with Gasteiger partial charge in [0.2, 0.25) is 0 Å². The Morgan fingerprint density at radius 1 is 1.31 bits per heavy atom. The van der Waals surface area contributed by atoms with Gasteiger partial charge in [-0.25, -0.2) is 0 Å². The maximum Gasteiger partial charge on any atom is 0.294 e. The molecule has 0 bridgehead atoms. The molecule has 1 aromatic carbocycles. The van der Waals surface area contributed by atoms with Crippen molar-refractivity contribution in [2.24, 2.45) is 0 Å². The van der Waals surface area contributed by atoms with Crippen LogP contribution >= 0.6 is 27.5 Å². The summed E-state index contributed by atoms with van der Waals surface area (Å²) < 4.78 is 1.56. The number of halogens is 2. The Hall–Kier alpha value is -0.800. The van der Waals surface area contributed by atoms with Gasteiger partial charge in [-0.1, -0.05) is 22.0 Å². The lowest BCUT2D eigenvalue weighted by atomic mass is 10.2. The average molecular weight is 259 g/mol. The van der Waals surface area contributed by atoms with Crippen LogP contribution in [0.2, 0.25) is 5.15 Å². The maximum atomic E-state index is 11.1. The molecule has 0 unspecified atom stereocenters. The smallest absolute Gasteiger partial charge is 0.294 e. The molecule has 0 saturated heterocycles. The summed E-state index contributed by atoms with van der Waals surface area (Å²) in [6, 6.07) is 7.38. The Morgan fingerprint density at radius 3 is 2.85 bits per heavy atom. The second-order valence-electron chi connectivity index (χ2n) is 2.66. The predicted octanol–water partition coefficient (Wildman–Crippen LogP) is 2.89. The van der Waals surface area contributed by atoms with Gasteiger partial charge in [0.05, 0.1) is 5.39 Å². The molecule has 0 saturated carbocycles. The van der Waals surface area contributed by atoms with Crippen molar-refractivity contribution < 1.29 is 4.73 Å². The Bertz CT molecular complexity index is 467. The zero-order valence-corrected chi connectivity index (χ0v) is 8.84. The molecule has 0 N–H and O–H groups in total. The summed E-state index contributed by atoms with van der Waals surface area (Å²) in [7, 11) is 0. The Morgan fingerprint density at radius 2 is 2.08 bits per heavy atom. The van der Waals surface area contributed by atoms with E-state index in [0.29, 0.717) is 4.73 Å². The molecular weight excluding hydrogens is 253 g/mol. The lowest BCUT2D eigenvalue weighted by molar-refractivity contribution is -0.601. The summed E-state index contributed by atoms with van der Waals surface area (Å²) in [5.74, 6) is 0. The van der Waals surface area contributed by atoms with Gasteiger partial charge in [0.25, 0.3) is 5.15 Å². The Kier molecular flexibility index (Phi) is 2.14. The second-order valence-corrected chi connectivity index (χ2v) is 3.94. The first-order valence-corrected chi connectivity index (χ1v) is 4.82. The third-order valence-corrected chi connectivity index (χ3v) is 2.68. The summed E-state index contributed by atoms with van der Waals surface area (Å²) in [6.45, 7) is 0. The monoisotopic (exact) mass is 257 g/mol. The van der Waals surface area contributed by atoms with Crippen LogP contribution < -0.4 is 4.73 Å². The van der Waals surface area contributed by atoms with Gasteiger partial charge >= 0.3 is 0 Å². The third-order valence-electron chi connectivity index (χ3n) is 1.82. The van der Waals surface area contributed by atoms with Crippen LogP contribution in [0.3, 0.4) is 0 Å². The minimum Gasteiger partial charge on any atom is -0.618 e. The van der Waals surface area contributed by atoms with E-state index in [9.17, 15) is 5.21 Å². The zero-order valence-electron chi connectivity index (χ0n) is 6.50. The highest BCUT2D eigenvalue weighted by atomic mass is 79.9. The number of nitrogens with zero attached hydrogens (tertiary/aromatic N) is 1. The van der Waals surface area contributed by atoms with Crippen molar-refractivity contribution >= 4 is 38.3 Å². The fourth-order valence-electron chi connectivity index (χ4n) is 1.18. The van der Waals surface area contributed by atoms with Crippen LogP contribution in [0.25, 0.3) is 10.8 Å². The molecule has 1 aromatic heterocycles. The van der Waals surface area contributed by atoms with Crippen molar-refractivity contribution in [3.05, 3.63) is 45.3 Å². The maximum absolute atomic E-state index is 11.1. The number of aromatic nitrogens is 1. The quantitative estimate of drug-likeness (QED) is 0.405. The van der Waals surface area contributed by atoms with Crippen molar-refractivity contribution in [3.63, 3.8) is 0 Å². The minimum absolute atomic E-state index is 0.207. The van der Waals surface area contributed by atoms with Gasteiger partial charge in [0, 0.05) is 10.5 Å². The molecule has 1 heterocycles. The van der Waals surface area contributed by atoms with Crippen LogP contribution in [0.15, 0.2) is 34.9 Å². The highest BCUT2D eigenvalue weighted by Crippen LogP contribution is 2.23. The van der Waals surface area contributed by atoms with Crippen molar-refractivity contribution in [1.29, 1.82) is 0 Å². The highest BCUT2D eigenvalue weighted by Gasteiger charge is 2.07. The van der Waals surface area contributed by atoms with E-state index in [0.717, 1.165) is 15.2 Å². The van der Waals surface area contributed by atoms with Gasteiger partial charge in [-0.15, -0.1) is 0 Å². The third kappa shape index (κ3) is 1.49. The van der Waals surface area contributed by atoms with Gasteiger partial charge in [-0.2, -0.15) is 4.73 Å². The van der Waals surface area contributed by atoms with Crippen LogP contribution in [0.5, 0.6) is 0 Å². The average Bonchev–Trinajstić information content (AvgIpc) is 2.12. The summed E-state index contributed by atoms with van der Waals surface area (Å²) in [4.78, 5) is 0. The lowest BCUT2D eigenvalue weighted by Gasteiger charge is -2.02.